The first-order valence-electron chi connectivity index (χ1n) is 9.97. The molecule has 0 radical (unpaired) electrons. The van der Waals surface area contributed by atoms with Crippen LogP contribution in [0.25, 0.3) is 49.4 Å². The Bertz CT molecular complexity index is 1480. The molecule has 1 aromatic heterocycles. The van der Waals surface area contributed by atoms with Crippen molar-refractivity contribution in [3.63, 3.8) is 0 Å². The summed E-state index contributed by atoms with van der Waals surface area (Å²) in [7, 11) is 0. The van der Waals surface area contributed by atoms with Gasteiger partial charge in [-0.2, -0.15) is 0 Å². The van der Waals surface area contributed by atoms with Crippen molar-refractivity contribution in [2.45, 2.75) is 0 Å². The van der Waals surface area contributed by atoms with Gasteiger partial charge in [0.2, 0.25) is 0 Å². The fourth-order valence-electron chi connectivity index (χ4n) is 4.45. The molecule has 29 heavy (non-hydrogen) atoms. The van der Waals surface area contributed by atoms with E-state index < -0.39 is 0 Å². The standard InChI is InChI=1S/C28H19N/c1-2-9-20(10-3-1)22-17-18-28-25(19-22)24-14-6-7-15-27(24)29(28)26-16-8-12-21-11-4-5-13-23(21)26/h1-19H. The van der Waals surface area contributed by atoms with Crippen molar-refractivity contribution in [1.82, 2.24) is 4.57 Å². The topological polar surface area (TPSA) is 4.93 Å². The van der Waals surface area contributed by atoms with Crippen molar-refractivity contribution in [3.05, 3.63) is 115 Å². The van der Waals surface area contributed by atoms with Crippen LogP contribution in [0.4, 0.5) is 0 Å². The third kappa shape index (κ3) is 2.48. The Morgan fingerprint density at radius 1 is 0.414 bits per heavy atom. The van der Waals surface area contributed by atoms with Crippen molar-refractivity contribution in [2.75, 3.05) is 0 Å². The average molecular weight is 369 g/mol. The van der Waals surface area contributed by atoms with Crippen LogP contribution >= 0.6 is 0 Å². The van der Waals surface area contributed by atoms with Crippen LogP contribution in [0, 0.1) is 0 Å². The van der Waals surface area contributed by atoms with Gasteiger partial charge in [-0.05, 0) is 40.8 Å². The monoisotopic (exact) mass is 369 g/mol. The van der Waals surface area contributed by atoms with Crippen LogP contribution in [0.15, 0.2) is 115 Å². The van der Waals surface area contributed by atoms with Crippen molar-refractivity contribution < 1.29 is 0 Å². The minimum absolute atomic E-state index is 1.22. The fourth-order valence-corrected chi connectivity index (χ4v) is 4.45. The second-order valence-corrected chi connectivity index (χ2v) is 7.45. The van der Waals surface area contributed by atoms with E-state index >= 15 is 0 Å². The maximum atomic E-state index is 2.40. The zero-order valence-corrected chi connectivity index (χ0v) is 15.9. The van der Waals surface area contributed by atoms with E-state index in [2.05, 4.69) is 120 Å². The Balaban J connectivity index is 1.72. The number of rotatable bonds is 2. The van der Waals surface area contributed by atoms with E-state index in [1.165, 1.54) is 49.4 Å². The third-order valence-corrected chi connectivity index (χ3v) is 5.79. The molecule has 136 valence electrons. The first kappa shape index (κ1) is 16.1. The second kappa shape index (κ2) is 6.35. The molecular weight excluding hydrogens is 350 g/mol. The number of benzene rings is 5. The summed E-state index contributed by atoms with van der Waals surface area (Å²) in [6.07, 6.45) is 0. The molecular formula is C28H19N. The van der Waals surface area contributed by atoms with Gasteiger partial charge in [-0.15, -0.1) is 0 Å². The minimum Gasteiger partial charge on any atom is -0.309 e. The van der Waals surface area contributed by atoms with E-state index in [4.69, 9.17) is 0 Å². The van der Waals surface area contributed by atoms with E-state index in [1.54, 1.807) is 0 Å². The van der Waals surface area contributed by atoms with E-state index in [0.29, 0.717) is 0 Å². The summed E-state index contributed by atoms with van der Waals surface area (Å²) in [5.41, 5.74) is 6.20. The molecule has 0 spiro atoms. The molecule has 1 heterocycles. The van der Waals surface area contributed by atoms with Gasteiger partial charge >= 0.3 is 0 Å². The zero-order valence-electron chi connectivity index (χ0n) is 15.9. The van der Waals surface area contributed by atoms with Gasteiger partial charge in [0.05, 0.1) is 16.7 Å². The summed E-state index contributed by atoms with van der Waals surface area (Å²) < 4.78 is 2.40. The molecule has 0 saturated heterocycles. The van der Waals surface area contributed by atoms with Gasteiger partial charge in [-0.3, -0.25) is 0 Å². The van der Waals surface area contributed by atoms with Gasteiger partial charge in [0.1, 0.15) is 0 Å². The second-order valence-electron chi connectivity index (χ2n) is 7.45. The SMILES string of the molecule is c1ccc(-c2ccc3c(c2)c2ccccc2n3-c2cccc3ccccc23)cc1. The van der Waals surface area contributed by atoms with Crippen LogP contribution < -0.4 is 0 Å². The Hall–Kier alpha value is -3.84. The summed E-state index contributed by atoms with van der Waals surface area (Å²) in [6, 6.07) is 41.3. The summed E-state index contributed by atoms with van der Waals surface area (Å²) in [4.78, 5) is 0. The first-order valence-corrected chi connectivity index (χ1v) is 9.97. The maximum Gasteiger partial charge on any atom is 0.0541 e. The lowest BCUT2D eigenvalue weighted by Crippen LogP contribution is -1.95. The molecule has 1 nitrogen and oxygen atoms in total. The molecule has 0 saturated carbocycles. The van der Waals surface area contributed by atoms with E-state index in [-0.39, 0.29) is 0 Å². The molecule has 0 N–H and O–H groups in total. The van der Waals surface area contributed by atoms with Crippen molar-refractivity contribution in [2.24, 2.45) is 0 Å². The lowest BCUT2D eigenvalue weighted by Gasteiger charge is -2.11. The maximum absolute atomic E-state index is 2.40. The van der Waals surface area contributed by atoms with E-state index in [0.717, 1.165) is 0 Å². The molecule has 0 amide bonds. The van der Waals surface area contributed by atoms with Gasteiger partial charge in [0, 0.05) is 16.2 Å². The van der Waals surface area contributed by atoms with Crippen LogP contribution in [0.5, 0.6) is 0 Å². The van der Waals surface area contributed by atoms with Crippen LogP contribution in [-0.4, -0.2) is 4.57 Å². The van der Waals surface area contributed by atoms with Crippen LogP contribution in [-0.2, 0) is 0 Å². The summed E-state index contributed by atoms with van der Waals surface area (Å²) in [5.74, 6) is 0. The average Bonchev–Trinajstić information content (AvgIpc) is 3.13. The molecule has 0 bridgehead atoms. The molecule has 0 aliphatic carbocycles. The number of hydrogen-bond donors (Lipinski definition) is 0. The molecule has 6 rings (SSSR count). The van der Waals surface area contributed by atoms with Crippen molar-refractivity contribution >= 4 is 32.6 Å². The van der Waals surface area contributed by atoms with E-state index in [1.807, 2.05) is 0 Å². The highest BCUT2D eigenvalue weighted by molar-refractivity contribution is 6.11. The number of hydrogen-bond acceptors (Lipinski definition) is 0. The molecule has 0 atom stereocenters. The summed E-state index contributed by atoms with van der Waals surface area (Å²) in [5, 5.41) is 5.10. The molecule has 5 aromatic carbocycles. The normalized spacial score (nSPS) is 11.4. The lowest BCUT2D eigenvalue weighted by molar-refractivity contribution is 1.20. The molecule has 0 unspecified atom stereocenters. The van der Waals surface area contributed by atoms with Crippen molar-refractivity contribution in [1.29, 1.82) is 0 Å². The first-order chi connectivity index (χ1) is 14.4. The summed E-state index contributed by atoms with van der Waals surface area (Å²) in [6.45, 7) is 0. The van der Waals surface area contributed by atoms with Gasteiger partial charge in [0.25, 0.3) is 0 Å². The number of aromatic nitrogens is 1. The van der Waals surface area contributed by atoms with Gasteiger partial charge < -0.3 is 4.57 Å². The molecule has 0 aliphatic heterocycles. The summed E-state index contributed by atoms with van der Waals surface area (Å²) >= 11 is 0. The fraction of sp³-hybridized carbons (Fsp3) is 0. The number of nitrogens with zero attached hydrogens (tertiary/aromatic N) is 1. The smallest absolute Gasteiger partial charge is 0.0541 e. The molecule has 0 fully saturated rings. The highest BCUT2D eigenvalue weighted by Crippen LogP contribution is 2.36. The van der Waals surface area contributed by atoms with E-state index in [9.17, 15) is 0 Å². The van der Waals surface area contributed by atoms with Gasteiger partial charge in [-0.25, -0.2) is 0 Å². The van der Waals surface area contributed by atoms with Crippen molar-refractivity contribution in [3.8, 4) is 16.8 Å². The largest absolute Gasteiger partial charge is 0.309 e. The highest BCUT2D eigenvalue weighted by atomic mass is 15.0. The zero-order chi connectivity index (χ0) is 19.2. The Morgan fingerprint density at radius 3 is 2.00 bits per heavy atom. The quantitative estimate of drug-likeness (QED) is 0.296. The molecule has 0 aliphatic rings. The predicted octanol–water partition coefficient (Wildman–Crippen LogP) is 7.60. The highest BCUT2D eigenvalue weighted by Gasteiger charge is 2.14. The predicted molar refractivity (Wildman–Crippen MR) is 124 cm³/mol. The third-order valence-electron chi connectivity index (χ3n) is 5.79. The molecule has 1 heteroatoms. The van der Waals surface area contributed by atoms with Gasteiger partial charge in [-0.1, -0.05) is 91.0 Å². The lowest BCUT2D eigenvalue weighted by atomic mass is 10.0. The Labute approximate surface area is 169 Å². The number of fused-ring (bicyclic) bond motifs is 4. The van der Waals surface area contributed by atoms with Crippen LogP contribution in [0.1, 0.15) is 0 Å². The van der Waals surface area contributed by atoms with Crippen LogP contribution in [0.2, 0.25) is 0 Å². The Kier molecular flexibility index (Phi) is 3.54. The van der Waals surface area contributed by atoms with Crippen LogP contribution in [0.3, 0.4) is 0 Å². The Morgan fingerprint density at radius 2 is 1.10 bits per heavy atom. The molecule has 6 aromatic rings. The number of para-hydroxylation sites is 1. The van der Waals surface area contributed by atoms with Gasteiger partial charge in [0.15, 0.2) is 0 Å². The minimum atomic E-state index is 1.22.